The van der Waals surface area contributed by atoms with Crippen LogP contribution in [0.1, 0.15) is 19.8 Å². The fourth-order valence-electron chi connectivity index (χ4n) is 1.24. The molecule has 0 aliphatic rings. The van der Waals surface area contributed by atoms with Gasteiger partial charge in [-0.25, -0.2) is 0 Å². The van der Waals surface area contributed by atoms with E-state index in [9.17, 15) is 23.8 Å². The van der Waals surface area contributed by atoms with Gasteiger partial charge in [0.05, 0.1) is 5.92 Å². The van der Waals surface area contributed by atoms with Gasteiger partial charge >= 0.3 is 17.9 Å². The average molecular weight is 282 g/mol. The minimum Gasteiger partial charge on any atom is -0.481 e. The van der Waals surface area contributed by atoms with Gasteiger partial charge in [-0.05, 0) is 13.3 Å². The van der Waals surface area contributed by atoms with Gasteiger partial charge < -0.3 is 20.2 Å². The van der Waals surface area contributed by atoms with Crippen molar-refractivity contribution in [1.82, 2.24) is 0 Å². The van der Waals surface area contributed by atoms with Crippen molar-refractivity contribution in [2.75, 3.05) is 6.16 Å². The molecule has 8 nitrogen and oxygen atoms in total. The maximum Gasteiger partial charge on any atom is 0.316 e. The highest BCUT2D eigenvalue weighted by Crippen LogP contribution is 2.48. The van der Waals surface area contributed by atoms with E-state index < -0.39 is 49.4 Å². The Morgan fingerprint density at radius 1 is 1.11 bits per heavy atom. The Morgan fingerprint density at radius 2 is 1.61 bits per heavy atom. The molecule has 0 bridgehead atoms. The van der Waals surface area contributed by atoms with E-state index in [-0.39, 0.29) is 6.42 Å². The molecule has 0 amide bonds. The molecule has 0 aromatic heterocycles. The van der Waals surface area contributed by atoms with Crippen molar-refractivity contribution in [2.24, 2.45) is 5.92 Å². The Bertz CT molecular complexity index is 390. The lowest BCUT2D eigenvalue weighted by Crippen LogP contribution is -2.25. The average Bonchev–Trinajstić information content (AvgIpc) is 2.22. The summed E-state index contributed by atoms with van der Waals surface area (Å²) < 4.78 is 11.7. The van der Waals surface area contributed by atoms with E-state index in [1.54, 1.807) is 0 Å². The van der Waals surface area contributed by atoms with E-state index in [0.717, 1.165) is 6.92 Å². The summed E-state index contributed by atoms with van der Waals surface area (Å²) in [5.41, 5.74) is -1.58. The second-order valence-electron chi connectivity index (χ2n) is 3.92. The standard InChI is InChI=1S/C9H15O8P/c1-5(8(12)13)18(16,17)4-6(9(14)15)2-3-7(10)11/h5-6H,2-4H2,1H3,(H,10,11)(H,12,13)(H,14,15)(H,16,17). The second kappa shape index (κ2) is 6.51. The molecule has 0 aromatic carbocycles. The first-order chi connectivity index (χ1) is 8.08. The van der Waals surface area contributed by atoms with Crippen LogP contribution in [0.2, 0.25) is 0 Å². The lowest BCUT2D eigenvalue weighted by molar-refractivity contribution is -0.142. The van der Waals surface area contributed by atoms with Gasteiger partial charge in [0, 0.05) is 12.6 Å². The molecule has 0 spiro atoms. The summed E-state index contributed by atoms with van der Waals surface area (Å²) in [6, 6.07) is 0. The van der Waals surface area contributed by atoms with Gasteiger partial charge in [-0.3, -0.25) is 18.9 Å². The van der Waals surface area contributed by atoms with Gasteiger partial charge in [0.1, 0.15) is 5.66 Å². The van der Waals surface area contributed by atoms with Crippen LogP contribution in [0.5, 0.6) is 0 Å². The summed E-state index contributed by atoms with van der Waals surface area (Å²) in [5.74, 6) is -5.48. The lowest BCUT2D eigenvalue weighted by Gasteiger charge is -2.19. The maximum atomic E-state index is 11.7. The molecule has 0 saturated carbocycles. The van der Waals surface area contributed by atoms with Crippen LogP contribution in [0.25, 0.3) is 0 Å². The number of carbonyl (C=O) groups is 3. The van der Waals surface area contributed by atoms with Gasteiger partial charge in [-0.2, -0.15) is 0 Å². The third-order valence-corrected chi connectivity index (χ3v) is 4.90. The number of carboxylic acid groups (broad SMARTS) is 3. The summed E-state index contributed by atoms with van der Waals surface area (Å²) >= 11 is 0. The topological polar surface area (TPSA) is 149 Å². The van der Waals surface area contributed by atoms with Crippen molar-refractivity contribution in [3.63, 3.8) is 0 Å². The zero-order valence-corrected chi connectivity index (χ0v) is 10.5. The van der Waals surface area contributed by atoms with E-state index in [4.69, 9.17) is 15.3 Å². The van der Waals surface area contributed by atoms with Gasteiger partial charge in [0.2, 0.25) is 7.37 Å². The highest BCUT2D eigenvalue weighted by atomic mass is 31.2. The third kappa shape index (κ3) is 5.29. The van der Waals surface area contributed by atoms with Crippen LogP contribution in [0.3, 0.4) is 0 Å². The highest BCUT2D eigenvalue weighted by molar-refractivity contribution is 7.59. The summed E-state index contributed by atoms with van der Waals surface area (Å²) in [4.78, 5) is 41.2. The Balaban J connectivity index is 4.77. The number of hydrogen-bond donors (Lipinski definition) is 4. The molecule has 0 radical (unpaired) electrons. The predicted molar refractivity (Wildman–Crippen MR) is 59.8 cm³/mol. The van der Waals surface area contributed by atoms with Crippen LogP contribution in [-0.2, 0) is 18.9 Å². The molecule has 0 aliphatic carbocycles. The summed E-state index contributed by atoms with van der Waals surface area (Å²) in [7, 11) is -4.18. The first-order valence-corrected chi connectivity index (χ1v) is 6.98. The van der Waals surface area contributed by atoms with Crippen molar-refractivity contribution in [1.29, 1.82) is 0 Å². The Kier molecular flexibility index (Phi) is 6.00. The zero-order valence-electron chi connectivity index (χ0n) is 9.65. The molecule has 0 fully saturated rings. The van der Waals surface area contributed by atoms with E-state index in [1.807, 2.05) is 0 Å². The molecule has 9 heteroatoms. The first kappa shape index (κ1) is 16.6. The van der Waals surface area contributed by atoms with Crippen LogP contribution in [0, 0.1) is 5.92 Å². The molecule has 18 heavy (non-hydrogen) atoms. The van der Waals surface area contributed by atoms with Crippen molar-refractivity contribution in [2.45, 2.75) is 25.4 Å². The van der Waals surface area contributed by atoms with Gasteiger partial charge in [-0.15, -0.1) is 0 Å². The largest absolute Gasteiger partial charge is 0.481 e. The predicted octanol–water partition coefficient (Wildman–Crippen LogP) is 0.295. The minimum atomic E-state index is -4.18. The SMILES string of the molecule is CC(C(=O)O)P(=O)(O)CC(CCC(=O)O)C(=O)O. The Hall–Kier alpha value is -1.40. The minimum absolute atomic E-state index is 0.318. The fraction of sp³-hybridized carbons (Fsp3) is 0.667. The quantitative estimate of drug-likeness (QED) is 0.464. The maximum absolute atomic E-state index is 11.7. The molecule has 0 rings (SSSR count). The zero-order chi connectivity index (χ0) is 14.5. The number of hydrogen-bond acceptors (Lipinski definition) is 4. The smallest absolute Gasteiger partial charge is 0.316 e. The molecule has 104 valence electrons. The molecular weight excluding hydrogens is 267 g/mol. The van der Waals surface area contributed by atoms with Crippen molar-refractivity contribution < 1.29 is 39.2 Å². The van der Waals surface area contributed by atoms with Gasteiger partial charge in [0.25, 0.3) is 0 Å². The highest BCUT2D eigenvalue weighted by Gasteiger charge is 2.37. The van der Waals surface area contributed by atoms with Crippen molar-refractivity contribution >= 4 is 25.3 Å². The Labute approximate surface area is 103 Å². The number of rotatable bonds is 8. The van der Waals surface area contributed by atoms with Crippen LogP contribution in [-0.4, -0.2) is 49.9 Å². The van der Waals surface area contributed by atoms with Gasteiger partial charge in [0.15, 0.2) is 0 Å². The second-order valence-corrected chi connectivity index (χ2v) is 6.57. The molecule has 0 saturated heterocycles. The molecular formula is C9H15O8P. The Morgan fingerprint density at radius 3 is 1.94 bits per heavy atom. The summed E-state index contributed by atoms with van der Waals surface area (Å²) in [5, 5.41) is 25.8. The summed E-state index contributed by atoms with van der Waals surface area (Å²) in [6.45, 7) is 1.01. The van der Waals surface area contributed by atoms with Crippen LogP contribution >= 0.6 is 7.37 Å². The van der Waals surface area contributed by atoms with Crippen LogP contribution in [0.4, 0.5) is 0 Å². The van der Waals surface area contributed by atoms with Crippen LogP contribution in [0.15, 0.2) is 0 Å². The van der Waals surface area contributed by atoms with Crippen LogP contribution < -0.4 is 0 Å². The third-order valence-electron chi connectivity index (χ3n) is 2.50. The monoisotopic (exact) mass is 282 g/mol. The summed E-state index contributed by atoms with van der Waals surface area (Å²) in [6.07, 6.45) is -1.52. The van der Waals surface area contributed by atoms with E-state index in [2.05, 4.69) is 0 Å². The van der Waals surface area contributed by atoms with Crippen molar-refractivity contribution in [3.05, 3.63) is 0 Å². The molecule has 0 aromatic rings. The van der Waals surface area contributed by atoms with Gasteiger partial charge in [-0.1, -0.05) is 0 Å². The fourth-order valence-corrected chi connectivity index (χ4v) is 2.87. The van der Waals surface area contributed by atoms with Crippen molar-refractivity contribution in [3.8, 4) is 0 Å². The molecule has 4 N–H and O–H groups in total. The molecule has 3 atom stereocenters. The normalized spacial score (nSPS) is 17.4. The van der Waals surface area contributed by atoms with E-state index in [0.29, 0.717) is 0 Å². The molecule has 0 heterocycles. The van der Waals surface area contributed by atoms with E-state index in [1.165, 1.54) is 0 Å². The molecule has 3 unspecified atom stereocenters. The number of aliphatic carboxylic acids is 3. The molecule has 0 aliphatic heterocycles. The first-order valence-electron chi connectivity index (χ1n) is 5.06. The number of carboxylic acids is 3. The lowest BCUT2D eigenvalue weighted by atomic mass is 10.1. The van der Waals surface area contributed by atoms with E-state index >= 15 is 0 Å².